The van der Waals surface area contributed by atoms with Crippen LogP contribution in [-0.4, -0.2) is 9.78 Å². The van der Waals surface area contributed by atoms with Crippen molar-refractivity contribution in [2.24, 2.45) is 5.73 Å². The van der Waals surface area contributed by atoms with Crippen LogP contribution < -0.4 is 5.73 Å². The van der Waals surface area contributed by atoms with E-state index in [1.165, 1.54) is 12.1 Å². The normalized spacial score (nSPS) is 17.8. The molecule has 0 bridgehead atoms. The molecular weight excluding hydrogens is 272 g/mol. The van der Waals surface area contributed by atoms with Crippen LogP contribution in [0.1, 0.15) is 48.3 Å². The lowest BCUT2D eigenvalue weighted by Gasteiger charge is -2.20. The number of nitrogens with zero attached hydrogens (tertiary/aromatic N) is 2. The van der Waals surface area contributed by atoms with Gasteiger partial charge in [0, 0.05) is 28.9 Å². The van der Waals surface area contributed by atoms with Gasteiger partial charge in [0.15, 0.2) is 0 Å². The topological polar surface area (TPSA) is 43.8 Å². The molecule has 1 aliphatic carbocycles. The van der Waals surface area contributed by atoms with Gasteiger partial charge in [-0.2, -0.15) is 5.10 Å². The number of benzene rings is 1. The Bertz CT molecular complexity index is 664. The van der Waals surface area contributed by atoms with Crippen LogP contribution in [0.25, 0.3) is 0 Å². The molecule has 0 aliphatic heterocycles. The molecule has 112 valence electrons. The minimum Gasteiger partial charge on any atom is -0.324 e. The van der Waals surface area contributed by atoms with E-state index in [0.717, 1.165) is 48.7 Å². The quantitative estimate of drug-likeness (QED) is 0.944. The lowest BCUT2D eigenvalue weighted by atomic mass is 9.91. The first kappa shape index (κ1) is 14.2. The van der Waals surface area contributed by atoms with E-state index in [4.69, 9.17) is 5.73 Å². The highest BCUT2D eigenvalue weighted by Crippen LogP contribution is 2.31. The second-order valence-electron chi connectivity index (χ2n) is 5.55. The third-order valence-corrected chi connectivity index (χ3v) is 4.14. The van der Waals surface area contributed by atoms with E-state index >= 15 is 0 Å². The Morgan fingerprint density at radius 1 is 1.38 bits per heavy atom. The van der Waals surface area contributed by atoms with Crippen LogP contribution in [0.5, 0.6) is 0 Å². The summed E-state index contributed by atoms with van der Waals surface area (Å²) in [4.78, 5) is 0. The molecule has 0 saturated carbocycles. The zero-order valence-corrected chi connectivity index (χ0v) is 12.1. The second-order valence-corrected chi connectivity index (χ2v) is 5.55. The number of hydrogen-bond donors (Lipinski definition) is 1. The molecular formula is C16H19F2N3. The molecule has 1 aromatic heterocycles. The van der Waals surface area contributed by atoms with Gasteiger partial charge in [-0.15, -0.1) is 0 Å². The van der Waals surface area contributed by atoms with E-state index in [2.05, 4.69) is 5.10 Å². The minimum absolute atomic E-state index is 0.0236. The zero-order chi connectivity index (χ0) is 15.0. The lowest BCUT2D eigenvalue weighted by Crippen LogP contribution is -2.19. The maximum Gasteiger partial charge on any atom is 0.131 e. The molecule has 0 radical (unpaired) electrons. The highest BCUT2D eigenvalue weighted by molar-refractivity contribution is 5.33. The molecule has 0 amide bonds. The number of halogens is 2. The predicted molar refractivity (Wildman–Crippen MR) is 76.9 cm³/mol. The Hall–Kier alpha value is -1.75. The molecule has 0 fully saturated rings. The summed E-state index contributed by atoms with van der Waals surface area (Å²) in [5, 5.41) is 4.60. The van der Waals surface area contributed by atoms with Crippen molar-refractivity contribution in [3.05, 3.63) is 52.3 Å². The van der Waals surface area contributed by atoms with Gasteiger partial charge in [0.2, 0.25) is 0 Å². The fraction of sp³-hybridized carbons (Fsp3) is 0.438. The maximum atomic E-state index is 13.8. The molecule has 21 heavy (non-hydrogen) atoms. The van der Waals surface area contributed by atoms with Crippen LogP contribution in [0.4, 0.5) is 8.78 Å². The highest BCUT2D eigenvalue weighted by Gasteiger charge is 2.25. The molecule has 5 heteroatoms. The third kappa shape index (κ3) is 2.58. The first-order valence-electron chi connectivity index (χ1n) is 7.38. The van der Waals surface area contributed by atoms with Crippen LogP contribution in [-0.2, 0) is 19.4 Å². The molecule has 1 aromatic carbocycles. The summed E-state index contributed by atoms with van der Waals surface area (Å²) >= 11 is 0. The van der Waals surface area contributed by atoms with Gasteiger partial charge in [-0.05, 0) is 31.7 Å². The zero-order valence-electron chi connectivity index (χ0n) is 12.1. The van der Waals surface area contributed by atoms with Crippen molar-refractivity contribution < 1.29 is 8.78 Å². The number of aryl methyl sites for hydroxylation is 1. The van der Waals surface area contributed by atoms with E-state index < -0.39 is 11.6 Å². The van der Waals surface area contributed by atoms with E-state index in [1.807, 2.05) is 11.6 Å². The Morgan fingerprint density at radius 2 is 2.19 bits per heavy atom. The van der Waals surface area contributed by atoms with Crippen molar-refractivity contribution in [1.29, 1.82) is 0 Å². The van der Waals surface area contributed by atoms with E-state index in [0.29, 0.717) is 12.1 Å². The van der Waals surface area contributed by atoms with Crippen LogP contribution in [0.15, 0.2) is 18.2 Å². The van der Waals surface area contributed by atoms with Gasteiger partial charge in [-0.1, -0.05) is 13.0 Å². The van der Waals surface area contributed by atoms with Crippen LogP contribution in [0.3, 0.4) is 0 Å². The van der Waals surface area contributed by atoms with E-state index in [9.17, 15) is 8.78 Å². The summed E-state index contributed by atoms with van der Waals surface area (Å²) < 4.78 is 28.7. The molecule has 0 spiro atoms. The van der Waals surface area contributed by atoms with Crippen molar-refractivity contribution in [2.75, 3.05) is 0 Å². The Kier molecular flexibility index (Phi) is 3.76. The van der Waals surface area contributed by atoms with Crippen LogP contribution >= 0.6 is 0 Å². The summed E-state index contributed by atoms with van der Waals surface area (Å²) in [6, 6.07) is 3.70. The number of nitrogens with two attached hydrogens (primary N) is 1. The van der Waals surface area contributed by atoms with Crippen molar-refractivity contribution in [3.8, 4) is 0 Å². The summed E-state index contributed by atoms with van der Waals surface area (Å²) in [5.41, 5.74) is 9.89. The van der Waals surface area contributed by atoms with Gasteiger partial charge in [0.1, 0.15) is 11.6 Å². The summed E-state index contributed by atoms with van der Waals surface area (Å²) in [6.07, 6.45) is 3.72. The Balaban J connectivity index is 1.99. The van der Waals surface area contributed by atoms with Crippen molar-refractivity contribution in [1.82, 2.24) is 9.78 Å². The number of rotatable bonds is 3. The van der Waals surface area contributed by atoms with Gasteiger partial charge in [0.25, 0.3) is 0 Å². The average molecular weight is 291 g/mol. The molecule has 1 atom stereocenters. The molecule has 3 rings (SSSR count). The predicted octanol–water partition coefficient (Wildman–Crippen LogP) is 3.11. The standard InChI is InChI=1S/C16H19F2N3/c1-2-14-16-13(19)4-3-5-15(16)21(20-14)9-10-6-7-11(17)8-12(10)18/h6-8,13H,2-5,9,19H2,1H3. The van der Waals surface area contributed by atoms with Crippen molar-refractivity contribution in [3.63, 3.8) is 0 Å². The maximum absolute atomic E-state index is 13.8. The molecule has 3 nitrogen and oxygen atoms in total. The van der Waals surface area contributed by atoms with E-state index in [-0.39, 0.29) is 6.04 Å². The lowest BCUT2D eigenvalue weighted by molar-refractivity contribution is 0.524. The van der Waals surface area contributed by atoms with Crippen LogP contribution in [0, 0.1) is 11.6 Å². The largest absolute Gasteiger partial charge is 0.324 e. The van der Waals surface area contributed by atoms with Crippen molar-refractivity contribution in [2.45, 2.75) is 45.2 Å². The Morgan fingerprint density at radius 3 is 2.90 bits per heavy atom. The molecule has 2 N–H and O–H groups in total. The molecule has 1 heterocycles. The van der Waals surface area contributed by atoms with Gasteiger partial charge >= 0.3 is 0 Å². The smallest absolute Gasteiger partial charge is 0.131 e. The van der Waals surface area contributed by atoms with E-state index in [1.54, 1.807) is 0 Å². The van der Waals surface area contributed by atoms with Crippen molar-refractivity contribution >= 4 is 0 Å². The summed E-state index contributed by atoms with van der Waals surface area (Å²) in [7, 11) is 0. The fourth-order valence-electron chi connectivity index (χ4n) is 3.09. The first-order chi connectivity index (χ1) is 10.1. The second kappa shape index (κ2) is 5.56. The fourth-order valence-corrected chi connectivity index (χ4v) is 3.09. The molecule has 2 aromatic rings. The van der Waals surface area contributed by atoms with Gasteiger partial charge in [0.05, 0.1) is 12.2 Å². The Labute approximate surface area is 122 Å². The van der Waals surface area contributed by atoms with Crippen LogP contribution in [0.2, 0.25) is 0 Å². The number of hydrogen-bond acceptors (Lipinski definition) is 2. The number of fused-ring (bicyclic) bond motifs is 1. The molecule has 1 unspecified atom stereocenters. The van der Waals surface area contributed by atoms with Gasteiger partial charge in [-0.3, -0.25) is 4.68 Å². The summed E-state index contributed by atoms with van der Waals surface area (Å²) in [6.45, 7) is 2.37. The minimum atomic E-state index is -0.560. The molecule has 0 saturated heterocycles. The number of aromatic nitrogens is 2. The van der Waals surface area contributed by atoms with Gasteiger partial charge < -0.3 is 5.73 Å². The monoisotopic (exact) mass is 291 g/mol. The average Bonchev–Trinajstić information content (AvgIpc) is 2.81. The highest BCUT2D eigenvalue weighted by atomic mass is 19.1. The van der Waals surface area contributed by atoms with Gasteiger partial charge in [-0.25, -0.2) is 8.78 Å². The SMILES string of the molecule is CCc1nn(Cc2ccc(F)cc2F)c2c1C(N)CCC2. The third-order valence-electron chi connectivity index (χ3n) is 4.14. The first-order valence-corrected chi connectivity index (χ1v) is 7.38. The summed E-state index contributed by atoms with van der Waals surface area (Å²) in [5.74, 6) is -1.09. The molecule has 1 aliphatic rings.